The Morgan fingerprint density at radius 2 is 2.04 bits per heavy atom. The number of rotatable bonds is 2. The quantitative estimate of drug-likeness (QED) is 0.777. The van der Waals surface area contributed by atoms with Gasteiger partial charge in [-0.2, -0.15) is 4.31 Å². The average Bonchev–Trinajstić information content (AvgIpc) is 2.72. The summed E-state index contributed by atoms with van der Waals surface area (Å²) in [5, 5.41) is 0. The maximum Gasteiger partial charge on any atom is 0.273 e. The van der Waals surface area contributed by atoms with Gasteiger partial charge >= 0.3 is 0 Å². The van der Waals surface area contributed by atoms with Gasteiger partial charge in [0.2, 0.25) is 15.8 Å². The first kappa shape index (κ1) is 16.5. The van der Waals surface area contributed by atoms with Crippen LogP contribution in [0, 0.1) is 12.8 Å². The van der Waals surface area contributed by atoms with Crippen LogP contribution in [0.4, 0.5) is 0 Å². The number of piperidine rings is 1. The molecule has 5 rings (SSSR count). The zero-order valence-electron chi connectivity index (χ0n) is 14.3. The van der Waals surface area contributed by atoms with Crippen molar-refractivity contribution < 1.29 is 13.2 Å². The summed E-state index contributed by atoms with van der Waals surface area (Å²) < 4.78 is 27.2. The van der Waals surface area contributed by atoms with E-state index < -0.39 is 10.0 Å². The first-order valence-electron chi connectivity index (χ1n) is 8.40. The number of fused-ring (bicyclic) bond motifs is 5. The van der Waals surface area contributed by atoms with Crippen LogP contribution in [-0.4, -0.2) is 69.8 Å². The molecular weight excluding hydrogens is 342 g/mol. The van der Waals surface area contributed by atoms with Crippen LogP contribution >= 0.6 is 0 Å². The predicted octanol–water partition coefficient (Wildman–Crippen LogP) is 0.534. The standard InChI is InChI=1S/C16H21N5O3S/c1-11-14(20-7-3-6-17-16(20)18-11)15(22)21-9-12-4-5-13(21)10-19(8-12)25(2,23)24/h3,6-7,12-13H,4-5,8-10H2,1-2H3. The second kappa shape index (κ2) is 5.77. The van der Waals surface area contributed by atoms with E-state index in [1.807, 2.05) is 4.90 Å². The Kier molecular flexibility index (Phi) is 3.80. The number of carbonyl (C=O) groups excluding carboxylic acids is 1. The molecule has 0 aromatic carbocycles. The monoisotopic (exact) mass is 363 g/mol. The van der Waals surface area contributed by atoms with Crippen LogP contribution in [0.25, 0.3) is 5.78 Å². The molecule has 25 heavy (non-hydrogen) atoms. The highest BCUT2D eigenvalue weighted by atomic mass is 32.2. The number of hydrogen-bond donors (Lipinski definition) is 0. The van der Waals surface area contributed by atoms with Gasteiger partial charge < -0.3 is 4.90 Å². The molecule has 9 heteroatoms. The van der Waals surface area contributed by atoms with E-state index in [1.165, 1.54) is 10.6 Å². The summed E-state index contributed by atoms with van der Waals surface area (Å²) >= 11 is 0. The van der Waals surface area contributed by atoms with Crippen LogP contribution in [0.2, 0.25) is 0 Å². The maximum absolute atomic E-state index is 13.3. The third-order valence-corrected chi connectivity index (χ3v) is 6.43. The summed E-state index contributed by atoms with van der Waals surface area (Å²) in [6, 6.07) is 1.67. The van der Waals surface area contributed by atoms with Gasteiger partial charge in [0, 0.05) is 38.1 Å². The van der Waals surface area contributed by atoms with E-state index in [0.29, 0.717) is 36.8 Å². The van der Waals surface area contributed by atoms with Crippen molar-refractivity contribution in [3.8, 4) is 0 Å². The van der Waals surface area contributed by atoms with Crippen molar-refractivity contribution in [2.45, 2.75) is 25.8 Å². The molecule has 3 aliphatic heterocycles. The number of carbonyl (C=O) groups is 1. The largest absolute Gasteiger partial charge is 0.333 e. The van der Waals surface area contributed by atoms with Gasteiger partial charge in [-0.25, -0.2) is 18.4 Å². The fraction of sp³-hybridized carbons (Fsp3) is 0.562. The summed E-state index contributed by atoms with van der Waals surface area (Å²) in [6.07, 6.45) is 6.46. The highest BCUT2D eigenvalue weighted by Crippen LogP contribution is 2.30. The van der Waals surface area contributed by atoms with E-state index in [9.17, 15) is 13.2 Å². The lowest BCUT2D eigenvalue weighted by atomic mass is 9.94. The van der Waals surface area contributed by atoms with E-state index in [4.69, 9.17) is 0 Å². The number of sulfonamides is 1. The fourth-order valence-electron chi connectivity index (χ4n) is 3.95. The molecule has 2 aromatic heterocycles. The summed E-state index contributed by atoms with van der Waals surface area (Å²) in [4.78, 5) is 23.7. The second-order valence-electron chi connectivity index (χ2n) is 6.97. The van der Waals surface area contributed by atoms with Crippen molar-refractivity contribution in [2.24, 2.45) is 5.92 Å². The van der Waals surface area contributed by atoms with Crippen LogP contribution in [0.1, 0.15) is 29.0 Å². The summed E-state index contributed by atoms with van der Waals surface area (Å²) in [5.74, 6) is 0.583. The number of aromatic nitrogens is 3. The maximum atomic E-state index is 13.3. The summed E-state index contributed by atoms with van der Waals surface area (Å²) in [6.45, 7) is 3.26. The fourth-order valence-corrected chi connectivity index (χ4v) is 4.87. The van der Waals surface area contributed by atoms with E-state index in [1.54, 1.807) is 29.8 Å². The van der Waals surface area contributed by atoms with Gasteiger partial charge in [0.25, 0.3) is 5.91 Å². The molecule has 8 nitrogen and oxygen atoms in total. The Balaban J connectivity index is 1.70. The minimum absolute atomic E-state index is 0.0944. The van der Waals surface area contributed by atoms with Gasteiger partial charge in [-0.15, -0.1) is 0 Å². The Morgan fingerprint density at radius 1 is 1.24 bits per heavy atom. The van der Waals surface area contributed by atoms with Gasteiger partial charge in [0.1, 0.15) is 5.69 Å². The zero-order chi connectivity index (χ0) is 17.8. The Labute approximate surface area is 146 Å². The first-order valence-corrected chi connectivity index (χ1v) is 10.2. The Hall–Kier alpha value is -2.00. The lowest BCUT2D eigenvalue weighted by Gasteiger charge is -2.36. The van der Waals surface area contributed by atoms with Crippen molar-refractivity contribution >= 4 is 21.7 Å². The van der Waals surface area contributed by atoms with E-state index in [2.05, 4.69) is 9.97 Å². The third kappa shape index (κ3) is 2.81. The number of imidazole rings is 1. The molecule has 0 spiro atoms. The number of aryl methyl sites for hydroxylation is 1. The highest BCUT2D eigenvalue weighted by Gasteiger charge is 2.40. The van der Waals surface area contributed by atoms with Crippen molar-refractivity contribution in [2.75, 3.05) is 25.9 Å². The molecule has 3 saturated heterocycles. The molecule has 2 atom stereocenters. The zero-order valence-corrected chi connectivity index (χ0v) is 15.1. The van der Waals surface area contributed by atoms with Crippen LogP contribution in [0.15, 0.2) is 18.5 Å². The van der Waals surface area contributed by atoms with Crippen molar-refractivity contribution in [1.82, 2.24) is 23.6 Å². The smallest absolute Gasteiger partial charge is 0.273 e. The second-order valence-corrected chi connectivity index (χ2v) is 8.95. The molecule has 3 aliphatic rings. The van der Waals surface area contributed by atoms with E-state index in [-0.39, 0.29) is 17.9 Å². The van der Waals surface area contributed by atoms with Gasteiger partial charge in [0.15, 0.2) is 0 Å². The average molecular weight is 363 g/mol. The SMILES string of the molecule is Cc1nc2ncccn2c1C(=O)N1CC2CCC1CN(S(C)(=O)=O)C2. The van der Waals surface area contributed by atoms with Gasteiger partial charge in [-0.1, -0.05) is 0 Å². The van der Waals surface area contributed by atoms with Crippen LogP contribution in [0.5, 0.6) is 0 Å². The topological polar surface area (TPSA) is 87.9 Å². The van der Waals surface area contributed by atoms with Crippen LogP contribution < -0.4 is 0 Å². The minimum atomic E-state index is -3.25. The van der Waals surface area contributed by atoms with Crippen molar-refractivity contribution in [3.05, 3.63) is 29.8 Å². The highest BCUT2D eigenvalue weighted by molar-refractivity contribution is 7.88. The number of amides is 1. The molecule has 3 fully saturated rings. The van der Waals surface area contributed by atoms with Crippen molar-refractivity contribution in [1.29, 1.82) is 0 Å². The van der Waals surface area contributed by atoms with Gasteiger partial charge in [0.05, 0.1) is 11.9 Å². The molecule has 2 aromatic rings. The molecule has 1 amide bonds. The molecule has 5 heterocycles. The number of hydrogen-bond acceptors (Lipinski definition) is 5. The minimum Gasteiger partial charge on any atom is -0.333 e. The molecule has 0 aliphatic carbocycles. The molecular formula is C16H21N5O3S. The first-order chi connectivity index (χ1) is 11.8. The van der Waals surface area contributed by atoms with Gasteiger partial charge in [-0.05, 0) is 31.7 Å². The van der Waals surface area contributed by atoms with Crippen LogP contribution in [0.3, 0.4) is 0 Å². The normalized spacial score (nSPS) is 24.6. The lowest BCUT2D eigenvalue weighted by molar-refractivity contribution is 0.0580. The molecule has 2 bridgehead atoms. The Morgan fingerprint density at radius 3 is 2.80 bits per heavy atom. The lowest BCUT2D eigenvalue weighted by Crippen LogP contribution is -2.48. The molecule has 0 radical (unpaired) electrons. The molecule has 0 saturated carbocycles. The summed E-state index contributed by atoms with van der Waals surface area (Å²) in [7, 11) is -3.25. The van der Waals surface area contributed by atoms with E-state index in [0.717, 1.165) is 12.8 Å². The summed E-state index contributed by atoms with van der Waals surface area (Å²) in [5.41, 5.74) is 1.16. The van der Waals surface area contributed by atoms with Crippen molar-refractivity contribution in [3.63, 3.8) is 0 Å². The predicted molar refractivity (Wildman–Crippen MR) is 91.7 cm³/mol. The van der Waals surface area contributed by atoms with E-state index >= 15 is 0 Å². The molecule has 2 unspecified atom stereocenters. The molecule has 0 N–H and O–H groups in total. The molecule has 134 valence electrons. The number of nitrogens with zero attached hydrogens (tertiary/aromatic N) is 5. The third-order valence-electron chi connectivity index (χ3n) is 5.19. The Bertz CT molecular complexity index is 938. The van der Waals surface area contributed by atoms with Gasteiger partial charge in [-0.3, -0.25) is 9.20 Å². The van der Waals surface area contributed by atoms with Crippen LogP contribution in [-0.2, 0) is 10.0 Å².